The van der Waals surface area contributed by atoms with Crippen LogP contribution in [0.25, 0.3) is 11.3 Å². The minimum atomic E-state index is -4.41. The van der Waals surface area contributed by atoms with E-state index in [1.54, 1.807) is 24.3 Å². The fourth-order valence-electron chi connectivity index (χ4n) is 2.73. The lowest BCUT2D eigenvalue weighted by Crippen LogP contribution is -2.26. The summed E-state index contributed by atoms with van der Waals surface area (Å²) in [4.78, 5) is 16.1. The van der Waals surface area contributed by atoms with E-state index in [2.05, 4.69) is 17.2 Å². The molecule has 2 N–H and O–H groups in total. The minimum absolute atomic E-state index is 0.123. The predicted molar refractivity (Wildman–Crippen MR) is 120 cm³/mol. The summed E-state index contributed by atoms with van der Waals surface area (Å²) in [5.74, 6) is -0.551. The number of hydrogen-bond donors (Lipinski definition) is 2. The Kier molecular flexibility index (Phi) is 10.7. The molecule has 0 aliphatic rings. The van der Waals surface area contributed by atoms with E-state index in [0.717, 1.165) is 18.6 Å². The van der Waals surface area contributed by atoms with Gasteiger partial charge in [-0.05, 0) is 24.1 Å². The fraction of sp³-hybridized carbons (Fsp3) is 0.333. The average molecular weight is 480 g/mol. The second-order valence-corrected chi connectivity index (χ2v) is 7.19. The maximum absolute atomic E-state index is 12.8. The number of halogens is 3. The van der Waals surface area contributed by atoms with Gasteiger partial charge in [0.2, 0.25) is 0 Å². The number of rotatable bonds is 14. The molecule has 184 valence electrons. The first-order chi connectivity index (χ1) is 16.2. The summed E-state index contributed by atoms with van der Waals surface area (Å²) in [6.07, 6.45) is 2.74. The van der Waals surface area contributed by atoms with Gasteiger partial charge in [0.05, 0.1) is 31.8 Å². The summed E-state index contributed by atoms with van der Waals surface area (Å²) in [7, 11) is 0. The standard InChI is InChI=1S/C24H27F3N2O5/c1-3-12-33-28-21(16-32-13-6-5-7-17(4-2)14-23(30)31)22-15-20(29-34-22)18-8-10-19(11-9-18)24(25,26)27/h4-11,15,21,28H,2-3,12-14,16H2,1H3,(H,30,31)/b6-5-,17-7+/t21-/m1/s1. The highest BCUT2D eigenvalue weighted by Crippen LogP contribution is 2.31. The molecule has 34 heavy (non-hydrogen) atoms. The van der Waals surface area contributed by atoms with Gasteiger partial charge in [-0.25, -0.2) is 0 Å². The molecular formula is C24H27F3N2O5. The number of benzene rings is 1. The number of hydrogen-bond acceptors (Lipinski definition) is 6. The number of aromatic nitrogens is 1. The number of aliphatic carboxylic acids is 1. The number of nitrogens with zero attached hydrogens (tertiary/aromatic N) is 1. The molecule has 1 aromatic heterocycles. The van der Waals surface area contributed by atoms with E-state index in [-0.39, 0.29) is 19.6 Å². The third-order valence-electron chi connectivity index (χ3n) is 4.47. The molecule has 0 aliphatic heterocycles. The van der Waals surface area contributed by atoms with Crippen molar-refractivity contribution in [2.45, 2.75) is 32.0 Å². The smallest absolute Gasteiger partial charge is 0.416 e. The van der Waals surface area contributed by atoms with E-state index in [1.165, 1.54) is 18.2 Å². The zero-order valence-corrected chi connectivity index (χ0v) is 18.7. The van der Waals surface area contributed by atoms with Crippen LogP contribution >= 0.6 is 0 Å². The number of allylic oxidation sites excluding steroid dienone is 3. The summed E-state index contributed by atoms with van der Waals surface area (Å²) in [6.45, 7) is 6.37. The number of ether oxygens (including phenoxy) is 1. The summed E-state index contributed by atoms with van der Waals surface area (Å²) in [6, 6.07) is 5.74. The predicted octanol–water partition coefficient (Wildman–Crippen LogP) is 5.49. The highest BCUT2D eigenvalue weighted by Gasteiger charge is 2.30. The van der Waals surface area contributed by atoms with Gasteiger partial charge in [-0.15, -0.1) is 0 Å². The van der Waals surface area contributed by atoms with Crippen LogP contribution < -0.4 is 5.48 Å². The lowest BCUT2D eigenvalue weighted by atomic mass is 10.1. The van der Waals surface area contributed by atoms with Crippen molar-refractivity contribution in [2.75, 3.05) is 19.8 Å². The van der Waals surface area contributed by atoms with Crippen LogP contribution in [0.3, 0.4) is 0 Å². The number of nitrogens with one attached hydrogen (secondary N) is 1. The molecule has 0 amide bonds. The fourth-order valence-corrected chi connectivity index (χ4v) is 2.73. The molecule has 2 aromatic rings. The summed E-state index contributed by atoms with van der Waals surface area (Å²) in [5.41, 5.74) is 3.53. The molecule has 0 saturated carbocycles. The number of carbonyl (C=O) groups is 1. The third-order valence-corrected chi connectivity index (χ3v) is 4.47. The lowest BCUT2D eigenvalue weighted by molar-refractivity contribution is -0.138. The van der Waals surface area contributed by atoms with Crippen molar-refractivity contribution in [3.8, 4) is 11.3 Å². The molecule has 0 saturated heterocycles. The van der Waals surface area contributed by atoms with Crippen molar-refractivity contribution in [3.05, 3.63) is 78.1 Å². The molecule has 1 heterocycles. The van der Waals surface area contributed by atoms with Crippen LogP contribution in [0.4, 0.5) is 13.2 Å². The average Bonchev–Trinajstić information content (AvgIpc) is 3.28. The monoisotopic (exact) mass is 480 g/mol. The Labute approximate surface area is 195 Å². The van der Waals surface area contributed by atoms with E-state index in [1.807, 2.05) is 6.92 Å². The summed E-state index contributed by atoms with van der Waals surface area (Å²) < 4.78 is 49.3. The van der Waals surface area contributed by atoms with E-state index in [4.69, 9.17) is 19.2 Å². The highest BCUT2D eigenvalue weighted by molar-refractivity contribution is 5.71. The Morgan fingerprint density at radius 3 is 2.68 bits per heavy atom. The van der Waals surface area contributed by atoms with Crippen LogP contribution in [0.15, 0.2) is 71.3 Å². The van der Waals surface area contributed by atoms with Crippen molar-refractivity contribution in [1.29, 1.82) is 0 Å². The molecule has 0 aliphatic carbocycles. The van der Waals surface area contributed by atoms with Gasteiger partial charge in [0.25, 0.3) is 0 Å². The van der Waals surface area contributed by atoms with E-state index in [9.17, 15) is 18.0 Å². The normalized spacial score (nSPS) is 13.4. The number of alkyl halides is 3. The van der Waals surface area contributed by atoms with Crippen molar-refractivity contribution in [1.82, 2.24) is 10.6 Å². The number of carboxylic acid groups (broad SMARTS) is 1. The van der Waals surface area contributed by atoms with Gasteiger partial charge in [0.15, 0.2) is 5.76 Å². The summed E-state index contributed by atoms with van der Waals surface area (Å²) in [5, 5.41) is 12.8. The van der Waals surface area contributed by atoms with E-state index >= 15 is 0 Å². The van der Waals surface area contributed by atoms with Crippen molar-refractivity contribution >= 4 is 5.97 Å². The van der Waals surface area contributed by atoms with Gasteiger partial charge in [-0.2, -0.15) is 18.7 Å². The van der Waals surface area contributed by atoms with Crippen LogP contribution in [0, 0.1) is 0 Å². The quantitative estimate of drug-likeness (QED) is 0.210. The number of carboxylic acids is 1. The maximum Gasteiger partial charge on any atom is 0.416 e. The molecule has 0 unspecified atom stereocenters. The second-order valence-electron chi connectivity index (χ2n) is 7.19. The van der Waals surface area contributed by atoms with E-state index < -0.39 is 23.8 Å². The van der Waals surface area contributed by atoms with Gasteiger partial charge in [-0.3, -0.25) is 4.79 Å². The molecule has 0 fully saturated rings. The largest absolute Gasteiger partial charge is 0.481 e. The SMILES string of the molecule is C=C/C(=C\C=C/COC[C@@H](NOCCC)c1cc(-c2ccc(C(F)(F)F)cc2)no1)CC(=O)O. The van der Waals surface area contributed by atoms with Crippen LogP contribution in [0.5, 0.6) is 0 Å². The molecule has 1 aromatic carbocycles. The van der Waals surface area contributed by atoms with Gasteiger partial charge in [0.1, 0.15) is 11.7 Å². The number of hydroxylamine groups is 1. The molecule has 7 nitrogen and oxygen atoms in total. The highest BCUT2D eigenvalue weighted by atomic mass is 19.4. The molecule has 2 rings (SSSR count). The van der Waals surface area contributed by atoms with Crippen LogP contribution in [-0.2, 0) is 20.5 Å². The van der Waals surface area contributed by atoms with Crippen molar-refractivity contribution < 1.29 is 37.2 Å². The lowest BCUT2D eigenvalue weighted by Gasteiger charge is -2.15. The molecule has 10 heteroatoms. The van der Waals surface area contributed by atoms with Gasteiger partial charge < -0.3 is 19.2 Å². The first kappa shape index (κ1) is 27.0. The topological polar surface area (TPSA) is 93.8 Å². The molecule has 0 spiro atoms. The molecule has 1 atom stereocenters. The minimum Gasteiger partial charge on any atom is -0.481 e. The van der Waals surface area contributed by atoms with Crippen LogP contribution in [0.2, 0.25) is 0 Å². The van der Waals surface area contributed by atoms with Gasteiger partial charge in [0, 0.05) is 11.6 Å². The Morgan fingerprint density at radius 1 is 1.32 bits per heavy atom. The molecular weight excluding hydrogens is 453 g/mol. The Bertz CT molecular complexity index is 981. The Morgan fingerprint density at radius 2 is 2.06 bits per heavy atom. The Balaban J connectivity index is 2.01. The van der Waals surface area contributed by atoms with Crippen LogP contribution in [-0.4, -0.2) is 36.1 Å². The molecule has 0 radical (unpaired) electrons. The second kappa shape index (κ2) is 13.5. The van der Waals surface area contributed by atoms with E-state index in [0.29, 0.717) is 29.2 Å². The third kappa shape index (κ3) is 8.97. The van der Waals surface area contributed by atoms with Gasteiger partial charge in [-0.1, -0.05) is 55.1 Å². The Hall–Kier alpha value is -3.21. The zero-order valence-electron chi connectivity index (χ0n) is 18.7. The van der Waals surface area contributed by atoms with Gasteiger partial charge >= 0.3 is 12.1 Å². The first-order valence-electron chi connectivity index (χ1n) is 10.5. The van der Waals surface area contributed by atoms with Crippen LogP contribution in [0.1, 0.15) is 37.1 Å². The van der Waals surface area contributed by atoms with Crippen molar-refractivity contribution in [3.63, 3.8) is 0 Å². The summed E-state index contributed by atoms with van der Waals surface area (Å²) >= 11 is 0. The zero-order chi connectivity index (χ0) is 25.0. The maximum atomic E-state index is 12.8. The molecule has 0 bridgehead atoms. The van der Waals surface area contributed by atoms with Crippen molar-refractivity contribution in [2.24, 2.45) is 0 Å². The first-order valence-corrected chi connectivity index (χ1v) is 10.5.